The lowest BCUT2D eigenvalue weighted by atomic mass is 10.0. The number of benzene rings is 1. The van der Waals surface area contributed by atoms with Crippen LogP contribution in [0.25, 0.3) is 0 Å². The van der Waals surface area contributed by atoms with Gasteiger partial charge in [-0.25, -0.2) is 0 Å². The monoisotopic (exact) mass is 318 g/mol. The van der Waals surface area contributed by atoms with E-state index in [-0.39, 0.29) is 27.3 Å². The average Bonchev–Trinajstić information content (AvgIpc) is 2.39. The van der Waals surface area contributed by atoms with Gasteiger partial charge in [0.15, 0.2) is 0 Å². The second-order valence-corrected chi connectivity index (χ2v) is 5.48. The molecule has 0 aliphatic carbocycles. The Bertz CT molecular complexity index is 535. The number of carbonyl (C=O) groups is 1. The van der Waals surface area contributed by atoms with Gasteiger partial charge in [-0.3, -0.25) is 14.9 Å². The number of rotatable bonds is 5. The minimum absolute atomic E-state index is 0.0118. The van der Waals surface area contributed by atoms with Gasteiger partial charge in [0.1, 0.15) is 5.02 Å². The lowest BCUT2D eigenvalue weighted by Crippen LogP contribution is -2.36. The summed E-state index contributed by atoms with van der Waals surface area (Å²) in [5, 5.41) is 13.5. The third-order valence-electron chi connectivity index (χ3n) is 3.32. The fourth-order valence-electron chi connectivity index (χ4n) is 1.62. The van der Waals surface area contributed by atoms with Gasteiger partial charge in [-0.2, -0.15) is 0 Å². The van der Waals surface area contributed by atoms with E-state index in [1.165, 1.54) is 6.07 Å². The first kappa shape index (κ1) is 16.7. The van der Waals surface area contributed by atoms with Crippen molar-refractivity contribution in [3.8, 4) is 0 Å². The number of hydrogen-bond acceptors (Lipinski definition) is 3. The van der Waals surface area contributed by atoms with Crippen LogP contribution in [-0.2, 0) is 0 Å². The number of nitrogens with zero attached hydrogens (tertiary/aromatic N) is 1. The molecule has 0 aliphatic heterocycles. The molecule has 0 fully saturated rings. The standard InChI is InChI=1S/C13H16Cl2N2O3/c1-4-7(2)8(3)16-13(18)9-5-10(14)12(15)11(6-9)17(19)20/h5-8H,4H2,1-3H3,(H,16,18). The van der Waals surface area contributed by atoms with Crippen LogP contribution in [0.2, 0.25) is 10.0 Å². The van der Waals surface area contributed by atoms with Crippen molar-refractivity contribution in [2.45, 2.75) is 33.2 Å². The molecule has 1 aromatic carbocycles. The first-order chi connectivity index (χ1) is 9.27. The fourth-order valence-corrected chi connectivity index (χ4v) is 2.02. The maximum Gasteiger partial charge on any atom is 0.290 e. The number of amides is 1. The summed E-state index contributed by atoms with van der Waals surface area (Å²) in [6.07, 6.45) is 0.920. The zero-order valence-electron chi connectivity index (χ0n) is 11.4. The zero-order valence-corrected chi connectivity index (χ0v) is 13.0. The summed E-state index contributed by atoms with van der Waals surface area (Å²) in [4.78, 5) is 22.3. The summed E-state index contributed by atoms with van der Waals surface area (Å²) in [7, 11) is 0. The quantitative estimate of drug-likeness (QED) is 0.657. The number of hydrogen-bond donors (Lipinski definition) is 1. The van der Waals surface area contributed by atoms with Gasteiger partial charge in [-0.05, 0) is 18.9 Å². The molecule has 0 aromatic heterocycles. The van der Waals surface area contributed by atoms with Gasteiger partial charge in [0.2, 0.25) is 0 Å². The average molecular weight is 319 g/mol. The maximum absolute atomic E-state index is 12.1. The van der Waals surface area contributed by atoms with Gasteiger partial charge in [-0.1, -0.05) is 43.5 Å². The zero-order chi connectivity index (χ0) is 15.4. The normalized spacial score (nSPS) is 13.7. The van der Waals surface area contributed by atoms with Crippen LogP contribution in [0, 0.1) is 16.0 Å². The van der Waals surface area contributed by atoms with Crippen molar-refractivity contribution < 1.29 is 9.72 Å². The smallest absolute Gasteiger partial charge is 0.290 e. The Hall–Kier alpha value is -1.33. The van der Waals surface area contributed by atoms with E-state index in [2.05, 4.69) is 5.32 Å². The van der Waals surface area contributed by atoms with Crippen LogP contribution in [-0.4, -0.2) is 16.9 Å². The van der Waals surface area contributed by atoms with Crippen LogP contribution in [0.15, 0.2) is 12.1 Å². The van der Waals surface area contributed by atoms with Crippen molar-refractivity contribution in [3.63, 3.8) is 0 Å². The molecule has 7 heteroatoms. The molecule has 0 saturated carbocycles. The third kappa shape index (κ3) is 3.84. The molecule has 110 valence electrons. The van der Waals surface area contributed by atoms with E-state index in [9.17, 15) is 14.9 Å². The van der Waals surface area contributed by atoms with Crippen molar-refractivity contribution in [3.05, 3.63) is 37.9 Å². The minimum atomic E-state index is -0.664. The Morgan fingerprint density at radius 2 is 2.00 bits per heavy atom. The molecule has 1 amide bonds. The SMILES string of the molecule is CCC(C)C(C)NC(=O)c1cc(Cl)c(Cl)c([N+](=O)[O-])c1. The van der Waals surface area contributed by atoms with Gasteiger partial charge >= 0.3 is 0 Å². The van der Waals surface area contributed by atoms with E-state index in [0.29, 0.717) is 5.92 Å². The number of halogens is 2. The molecule has 5 nitrogen and oxygen atoms in total. The molecule has 20 heavy (non-hydrogen) atoms. The van der Waals surface area contributed by atoms with Crippen LogP contribution in [0.1, 0.15) is 37.6 Å². The van der Waals surface area contributed by atoms with E-state index in [1.54, 1.807) is 0 Å². The van der Waals surface area contributed by atoms with Crippen LogP contribution >= 0.6 is 23.2 Å². The lowest BCUT2D eigenvalue weighted by molar-refractivity contribution is -0.384. The van der Waals surface area contributed by atoms with Gasteiger partial charge in [-0.15, -0.1) is 0 Å². The predicted octanol–water partition coefficient (Wildman–Crippen LogP) is 4.07. The lowest BCUT2D eigenvalue weighted by Gasteiger charge is -2.19. The van der Waals surface area contributed by atoms with Crippen molar-refractivity contribution in [2.75, 3.05) is 0 Å². The molecule has 0 spiro atoms. The summed E-state index contributed by atoms with van der Waals surface area (Å²) in [5.74, 6) is -0.101. The number of nitrogens with one attached hydrogen (secondary N) is 1. The van der Waals surface area contributed by atoms with Gasteiger partial charge in [0, 0.05) is 17.7 Å². The maximum atomic E-state index is 12.1. The molecule has 1 aromatic rings. The van der Waals surface area contributed by atoms with E-state index in [0.717, 1.165) is 12.5 Å². The topological polar surface area (TPSA) is 72.2 Å². The largest absolute Gasteiger partial charge is 0.349 e. The van der Waals surface area contributed by atoms with Crippen LogP contribution in [0.5, 0.6) is 0 Å². The van der Waals surface area contributed by atoms with Gasteiger partial charge in [0.25, 0.3) is 11.6 Å². The summed E-state index contributed by atoms with van der Waals surface area (Å²) >= 11 is 11.6. The van der Waals surface area contributed by atoms with E-state index < -0.39 is 10.8 Å². The highest BCUT2D eigenvalue weighted by Crippen LogP contribution is 2.33. The molecule has 2 unspecified atom stereocenters. The van der Waals surface area contributed by atoms with E-state index in [4.69, 9.17) is 23.2 Å². The second kappa shape index (κ2) is 6.90. The summed E-state index contributed by atoms with van der Waals surface area (Å²) in [6, 6.07) is 2.42. The van der Waals surface area contributed by atoms with Crippen LogP contribution in [0.3, 0.4) is 0 Å². The molecule has 0 saturated heterocycles. The Kier molecular flexibility index (Phi) is 5.77. The highest BCUT2D eigenvalue weighted by molar-refractivity contribution is 6.43. The fraction of sp³-hybridized carbons (Fsp3) is 0.462. The molecule has 2 atom stereocenters. The molecule has 1 N–H and O–H groups in total. The molecule has 0 aliphatic rings. The van der Waals surface area contributed by atoms with Crippen LogP contribution < -0.4 is 5.32 Å². The minimum Gasteiger partial charge on any atom is -0.349 e. The van der Waals surface area contributed by atoms with Crippen molar-refractivity contribution in [1.29, 1.82) is 0 Å². The summed E-state index contributed by atoms with van der Waals surface area (Å²) in [6.45, 7) is 5.93. The highest BCUT2D eigenvalue weighted by atomic mass is 35.5. The molecule has 0 heterocycles. The van der Waals surface area contributed by atoms with Crippen molar-refractivity contribution in [1.82, 2.24) is 5.32 Å². The molecular weight excluding hydrogens is 303 g/mol. The van der Waals surface area contributed by atoms with Crippen LogP contribution in [0.4, 0.5) is 5.69 Å². The Morgan fingerprint density at radius 3 is 2.50 bits per heavy atom. The van der Waals surface area contributed by atoms with E-state index >= 15 is 0 Å². The molecule has 0 radical (unpaired) electrons. The Morgan fingerprint density at radius 1 is 1.40 bits per heavy atom. The summed E-state index contributed by atoms with van der Waals surface area (Å²) < 4.78 is 0. The Balaban J connectivity index is 3.02. The first-order valence-electron chi connectivity index (χ1n) is 6.22. The first-order valence-corrected chi connectivity index (χ1v) is 6.97. The number of nitro benzene ring substituents is 1. The van der Waals surface area contributed by atoms with Crippen molar-refractivity contribution in [2.24, 2.45) is 5.92 Å². The second-order valence-electron chi connectivity index (χ2n) is 4.70. The molecule has 1 rings (SSSR count). The Labute approximate surface area is 127 Å². The van der Waals surface area contributed by atoms with Gasteiger partial charge in [0.05, 0.1) is 9.95 Å². The van der Waals surface area contributed by atoms with Gasteiger partial charge < -0.3 is 5.32 Å². The van der Waals surface area contributed by atoms with Crippen molar-refractivity contribution >= 4 is 34.8 Å². The number of carbonyl (C=O) groups excluding carboxylic acids is 1. The third-order valence-corrected chi connectivity index (χ3v) is 4.12. The highest BCUT2D eigenvalue weighted by Gasteiger charge is 2.21. The summed E-state index contributed by atoms with van der Waals surface area (Å²) in [5.41, 5.74) is -0.248. The van der Waals surface area contributed by atoms with E-state index in [1.807, 2.05) is 20.8 Å². The number of nitro groups is 1. The predicted molar refractivity (Wildman–Crippen MR) is 79.5 cm³/mol. The molecule has 0 bridgehead atoms. The molecular formula is C13H16Cl2N2O3.